The van der Waals surface area contributed by atoms with Crippen LogP contribution in [0.1, 0.15) is 23.9 Å². The van der Waals surface area contributed by atoms with Crippen molar-refractivity contribution in [3.8, 4) is 0 Å². The van der Waals surface area contributed by atoms with E-state index in [1.807, 2.05) is 24.4 Å². The van der Waals surface area contributed by atoms with Gasteiger partial charge in [0.15, 0.2) is 5.16 Å². The van der Waals surface area contributed by atoms with Gasteiger partial charge in [0.25, 0.3) is 5.56 Å². The van der Waals surface area contributed by atoms with Crippen LogP contribution >= 0.6 is 23.1 Å². The van der Waals surface area contributed by atoms with Crippen LogP contribution in [0.2, 0.25) is 0 Å². The fraction of sp³-hybridized carbons (Fsp3) is 0.375. The van der Waals surface area contributed by atoms with E-state index in [9.17, 15) is 14.4 Å². The van der Waals surface area contributed by atoms with E-state index in [1.54, 1.807) is 11.3 Å². The van der Waals surface area contributed by atoms with Gasteiger partial charge in [0.1, 0.15) is 0 Å². The average molecular weight is 380 g/mol. The lowest BCUT2D eigenvalue weighted by molar-refractivity contribution is -0.120. The lowest BCUT2D eigenvalue weighted by Gasteiger charge is -2.06. The van der Waals surface area contributed by atoms with Crippen LogP contribution in [-0.2, 0) is 22.6 Å². The Morgan fingerprint density at radius 2 is 2.16 bits per heavy atom. The molecule has 25 heavy (non-hydrogen) atoms. The van der Waals surface area contributed by atoms with Gasteiger partial charge in [-0.25, -0.2) is 4.98 Å². The van der Waals surface area contributed by atoms with E-state index < -0.39 is 0 Å². The van der Waals surface area contributed by atoms with Crippen molar-refractivity contribution in [3.63, 3.8) is 0 Å². The van der Waals surface area contributed by atoms with E-state index in [1.165, 1.54) is 6.07 Å². The van der Waals surface area contributed by atoms with Crippen LogP contribution in [-0.4, -0.2) is 34.1 Å². The molecule has 3 N–H and O–H groups in total. The Balaban J connectivity index is 1.88. The molecular formula is C16H20N4O3S2. The number of rotatable bonds is 9. The van der Waals surface area contributed by atoms with E-state index in [4.69, 9.17) is 0 Å². The number of nitrogens with one attached hydrogen (secondary N) is 3. The molecule has 0 atom stereocenters. The topological polar surface area (TPSA) is 104 Å². The van der Waals surface area contributed by atoms with Gasteiger partial charge in [0.2, 0.25) is 11.8 Å². The molecule has 2 aromatic heterocycles. The molecule has 0 unspecified atom stereocenters. The van der Waals surface area contributed by atoms with Crippen molar-refractivity contribution in [2.75, 3.05) is 12.3 Å². The number of carbonyl (C=O) groups excluding carboxylic acids is 2. The molecule has 0 bridgehead atoms. The smallest absolute Gasteiger partial charge is 0.251 e. The summed E-state index contributed by atoms with van der Waals surface area (Å²) in [5, 5.41) is 7.82. The molecule has 0 saturated heterocycles. The second-order valence-electron chi connectivity index (χ2n) is 5.21. The largest absolute Gasteiger partial charge is 0.355 e. The quantitative estimate of drug-likeness (QED) is 0.449. The van der Waals surface area contributed by atoms with Crippen LogP contribution < -0.4 is 16.2 Å². The number of hydrogen-bond donors (Lipinski definition) is 3. The minimum atomic E-state index is -0.340. The molecule has 7 nitrogen and oxygen atoms in total. The number of thiophene rings is 1. The number of H-pyrrole nitrogens is 1. The number of nitrogens with zero attached hydrogens (tertiary/aromatic N) is 1. The third kappa shape index (κ3) is 7.10. The molecule has 0 fully saturated rings. The van der Waals surface area contributed by atoms with Gasteiger partial charge in [-0.3, -0.25) is 14.4 Å². The standard InChI is InChI=1S/C16H20N4O3S2/c1-2-5-17-15(23)10-25-16-19-11(8-14(22)20-16)7-13(21)18-9-12-4-3-6-24-12/h3-4,6,8H,2,5,7,9-10H2,1H3,(H,17,23)(H,18,21)(H,19,20,22). The normalized spacial score (nSPS) is 10.4. The first kappa shape index (κ1) is 19.2. The van der Waals surface area contributed by atoms with Gasteiger partial charge < -0.3 is 15.6 Å². The number of aromatic nitrogens is 2. The van der Waals surface area contributed by atoms with Gasteiger partial charge in [0, 0.05) is 17.5 Å². The third-order valence-electron chi connectivity index (χ3n) is 3.07. The Bertz CT molecular complexity index is 759. The zero-order valence-corrected chi connectivity index (χ0v) is 15.5. The monoisotopic (exact) mass is 380 g/mol. The summed E-state index contributed by atoms with van der Waals surface area (Å²) in [5.41, 5.74) is 0.0384. The Kier molecular flexibility index (Phi) is 7.68. The summed E-state index contributed by atoms with van der Waals surface area (Å²) in [6.45, 7) is 3.05. The van der Waals surface area contributed by atoms with Gasteiger partial charge in [-0.15, -0.1) is 11.3 Å². The van der Waals surface area contributed by atoms with Crippen molar-refractivity contribution in [2.24, 2.45) is 0 Å². The Morgan fingerprint density at radius 3 is 2.88 bits per heavy atom. The molecule has 2 rings (SSSR count). The second kappa shape index (κ2) is 10.00. The van der Waals surface area contributed by atoms with Crippen molar-refractivity contribution in [2.45, 2.75) is 31.5 Å². The maximum absolute atomic E-state index is 12.0. The summed E-state index contributed by atoms with van der Waals surface area (Å²) < 4.78 is 0. The SMILES string of the molecule is CCCNC(=O)CSc1nc(CC(=O)NCc2cccs2)cc(=O)[nH]1. The predicted molar refractivity (Wildman–Crippen MR) is 98.8 cm³/mol. The highest BCUT2D eigenvalue weighted by atomic mass is 32.2. The number of carbonyl (C=O) groups is 2. The van der Waals surface area contributed by atoms with Gasteiger partial charge in [-0.05, 0) is 17.9 Å². The first-order valence-corrected chi connectivity index (χ1v) is 9.72. The minimum Gasteiger partial charge on any atom is -0.355 e. The zero-order valence-electron chi connectivity index (χ0n) is 13.8. The summed E-state index contributed by atoms with van der Waals surface area (Å²) >= 11 is 2.70. The Labute approximate surface area is 153 Å². The van der Waals surface area contributed by atoms with E-state index in [0.717, 1.165) is 23.1 Å². The van der Waals surface area contributed by atoms with Crippen LogP contribution in [0, 0.1) is 0 Å². The van der Waals surface area contributed by atoms with Gasteiger partial charge >= 0.3 is 0 Å². The Morgan fingerprint density at radius 1 is 1.32 bits per heavy atom. The van der Waals surface area contributed by atoms with Crippen molar-refractivity contribution in [1.29, 1.82) is 0 Å². The van der Waals surface area contributed by atoms with Gasteiger partial charge in [-0.1, -0.05) is 24.8 Å². The molecule has 0 aliphatic heterocycles. The molecule has 9 heteroatoms. The molecule has 0 spiro atoms. The van der Waals surface area contributed by atoms with Crippen molar-refractivity contribution < 1.29 is 9.59 Å². The fourth-order valence-electron chi connectivity index (χ4n) is 1.92. The summed E-state index contributed by atoms with van der Waals surface area (Å²) in [6.07, 6.45) is 0.881. The molecule has 0 aromatic carbocycles. The first-order chi connectivity index (χ1) is 12.1. The second-order valence-corrected chi connectivity index (χ2v) is 7.21. The van der Waals surface area contributed by atoms with Crippen molar-refractivity contribution >= 4 is 34.9 Å². The molecule has 0 radical (unpaired) electrons. The molecular weight excluding hydrogens is 360 g/mol. The summed E-state index contributed by atoms with van der Waals surface area (Å²) in [7, 11) is 0. The highest BCUT2D eigenvalue weighted by molar-refractivity contribution is 7.99. The van der Waals surface area contributed by atoms with Crippen molar-refractivity contribution in [3.05, 3.63) is 44.5 Å². The number of hydrogen-bond acceptors (Lipinski definition) is 6. The maximum atomic E-state index is 12.0. The van der Waals surface area contributed by atoms with Crippen LogP contribution in [0.25, 0.3) is 0 Å². The maximum Gasteiger partial charge on any atom is 0.251 e. The van der Waals surface area contributed by atoms with Gasteiger partial charge in [0.05, 0.1) is 24.4 Å². The zero-order chi connectivity index (χ0) is 18.1. The minimum absolute atomic E-state index is 0.0187. The molecule has 0 aliphatic carbocycles. The lowest BCUT2D eigenvalue weighted by Crippen LogP contribution is -2.26. The van der Waals surface area contributed by atoms with E-state index in [-0.39, 0.29) is 29.5 Å². The average Bonchev–Trinajstić information content (AvgIpc) is 3.09. The Hall–Kier alpha value is -2.13. The lowest BCUT2D eigenvalue weighted by atomic mass is 10.3. The third-order valence-corrected chi connectivity index (χ3v) is 4.82. The van der Waals surface area contributed by atoms with Crippen LogP contribution in [0.4, 0.5) is 0 Å². The summed E-state index contributed by atoms with van der Waals surface area (Å²) in [5.74, 6) is -0.159. The van der Waals surface area contributed by atoms with Crippen LogP contribution in [0.5, 0.6) is 0 Å². The molecule has 2 aromatic rings. The van der Waals surface area contributed by atoms with Crippen LogP contribution in [0.3, 0.4) is 0 Å². The predicted octanol–water partition coefficient (Wildman–Crippen LogP) is 1.31. The molecule has 134 valence electrons. The first-order valence-electron chi connectivity index (χ1n) is 7.85. The van der Waals surface area contributed by atoms with E-state index in [2.05, 4.69) is 20.6 Å². The molecule has 2 heterocycles. The molecule has 0 saturated carbocycles. The highest BCUT2D eigenvalue weighted by Crippen LogP contribution is 2.11. The number of amides is 2. The number of aromatic amines is 1. The fourth-order valence-corrected chi connectivity index (χ4v) is 3.29. The van der Waals surface area contributed by atoms with Gasteiger partial charge in [-0.2, -0.15) is 0 Å². The van der Waals surface area contributed by atoms with E-state index in [0.29, 0.717) is 23.9 Å². The summed E-state index contributed by atoms with van der Waals surface area (Å²) in [4.78, 5) is 43.2. The summed E-state index contributed by atoms with van der Waals surface area (Å²) in [6, 6.07) is 5.16. The highest BCUT2D eigenvalue weighted by Gasteiger charge is 2.09. The molecule has 0 aliphatic rings. The van der Waals surface area contributed by atoms with Crippen molar-refractivity contribution in [1.82, 2.24) is 20.6 Å². The van der Waals surface area contributed by atoms with Crippen LogP contribution in [0.15, 0.2) is 33.5 Å². The van der Waals surface area contributed by atoms with E-state index >= 15 is 0 Å². The molecule has 2 amide bonds. The number of thioether (sulfide) groups is 1.